The molecule has 0 saturated heterocycles. The van der Waals surface area contributed by atoms with Crippen LogP contribution in [-0.4, -0.2) is 51.9 Å². The maximum atomic E-state index is 15.1. The molecule has 3 aromatic rings. The van der Waals surface area contributed by atoms with Crippen LogP contribution in [0.4, 0.5) is 13.6 Å². The molecule has 0 aliphatic heterocycles. The van der Waals surface area contributed by atoms with Gasteiger partial charge in [-0.05, 0) is 30.7 Å². The number of amides is 1. The Kier molecular flexibility index (Phi) is 7.02. The van der Waals surface area contributed by atoms with Gasteiger partial charge in [0.1, 0.15) is 22.1 Å². The van der Waals surface area contributed by atoms with Crippen molar-refractivity contribution in [3.63, 3.8) is 0 Å². The van der Waals surface area contributed by atoms with Gasteiger partial charge in [-0.25, -0.2) is 31.1 Å². The number of hydrogen-bond acceptors (Lipinski definition) is 6. The molecule has 1 amide bonds. The van der Waals surface area contributed by atoms with E-state index in [2.05, 4.69) is 0 Å². The Hall–Kier alpha value is -3.02. The molecule has 2 aromatic carbocycles. The summed E-state index contributed by atoms with van der Waals surface area (Å²) in [4.78, 5) is 25.0. The summed E-state index contributed by atoms with van der Waals surface area (Å²) in [6.07, 6.45) is -1.26. The molecule has 1 heterocycles. The lowest BCUT2D eigenvalue weighted by Gasteiger charge is -2.15. The summed E-state index contributed by atoms with van der Waals surface area (Å²) in [6, 6.07) is 4.32. The van der Waals surface area contributed by atoms with E-state index in [0.29, 0.717) is 10.9 Å². The molecule has 0 saturated carbocycles. The first-order chi connectivity index (χ1) is 15.7. The second-order valence-corrected chi connectivity index (χ2v) is 10.4. The quantitative estimate of drug-likeness (QED) is 0.478. The normalized spacial score (nSPS) is 11.8. The third-order valence-electron chi connectivity index (χ3n) is 5.17. The summed E-state index contributed by atoms with van der Waals surface area (Å²) in [7, 11) is 1.19. The Labute approximate surface area is 199 Å². The SMILES string of the molecule is Cc1c(Cc2c(F)ccc(S(=O)(=O)N(C)C)c2F)c(=O)oc2cc(OC(=O)N(C)C)c(Cl)cc12. The molecule has 0 unspecified atom stereocenters. The van der Waals surface area contributed by atoms with Crippen molar-refractivity contribution in [2.45, 2.75) is 18.2 Å². The zero-order valence-corrected chi connectivity index (χ0v) is 20.5. The standard InChI is InChI=1S/C22H21ClF2N2O6S/c1-11-12-9-15(23)18(33-22(29)26(2)3)10-17(12)32-21(28)13(11)8-14-16(24)6-7-19(20(14)25)34(30,31)27(4)5/h6-7,9-10H,8H2,1-5H3. The fraction of sp³-hybridized carbons (Fsp3) is 0.273. The maximum absolute atomic E-state index is 15.1. The molecule has 0 atom stereocenters. The Bertz CT molecular complexity index is 1470. The van der Waals surface area contributed by atoms with Crippen molar-refractivity contribution in [3.05, 3.63) is 68.0 Å². The van der Waals surface area contributed by atoms with E-state index in [1.807, 2.05) is 0 Å². The lowest BCUT2D eigenvalue weighted by molar-refractivity contribution is 0.172. The fourth-order valence-electron chi connectivity index (χ4n) is 3.17. The van der Waals surface area contributed by atoms with Gasteiger partial charge in [-0.1, -0.05) is 11.6 Å². The number of ether oxygens (including phenoxy) is 1. The molecule has 12 heteroatoms. The topological polar surface area (TPSA) is 97.1 Å². The molecule has 0 spiro atoms. The highest BCUT2D eigenvalue weighted by molar-refractivity contribution is 7.89. The van der Waals surface area contributed by atoms with E-state index < -0.39 is 50.3 Å². The van der Waals surface area contributed by atoms with E-state index in [1.165, 1.54) is 52.1 Å². The van der Waals surface area contributed by atoms with Gasteiger partial charge in [-0.3, -0.25) is 0 Å². The summed E-state index contributed by atoms with van der Waals surface area (Å²) >= 11 is 6.22. The largest absolute Gasteiger partial charge is 0.422 e. The molecule has 0 fully saturated rings. The van der Waals surface area contributed by atoms with Crippen molar-refractivity contribution in [1.29, 1.82) is 0 Å². The maximum Gasteiger partial charge on any atom is 0.414 e. The van der Waals surface area contributed by atoms with E-state index in [1.54, 1.807) is 0 Å². The number of halogens is 3. The second-order valence-electron chi connectivity index (χ2n) is 7.84. The molecule has 3 rings (SSSR count). The Balaban J connectivity index is 2.14. The molecule has 0 N–H and O–H groups in total. The molecular weight excluding hydrogens is 494 g/mol. The van der Waals surface area contributed by atoms with Gasteiger partial charge < -0.3 is 14.1 Å². The van der Waals surface area contributed by atoms with Gasteiger partial charge in [0, 0.05) is 57.2 Å². The minimum absolute atomic E-state index is 0.0400. The van der Waals surface area contributed by atoms with Crippen LogP contribution in [0.25, 0.3) is 11.0 Å². The Morgan fingerprint density at radius 2 is 1.76 bits per heavy atom. The minimum Gasteiger partial charge on any atom is -0.422 e. The number of benzene rings is 2. The average molecular weight is 515 g/mol. The molecule has 0 radical (unpaired) electrons. The predicted octanol–water partition coefficient (Wildman–Crippen LogP) is 3.93. The van der Waals surface area contributed by atoms with Crippen LogP contribution in [-0.2, 0) is 16.4 Å². The smallest absolute Gasteiger partial charge is 0.414 e. The number of rotatable bonds is 5. The highest BCUT2D eigenvalue weighted by Gasteiger charge is 2.27. The van der Waals surface area contributed by atoms with Crippen molar-refractivity contribution in [2.24, 2.45) is 0 Å². The zero-order valence-electron chi connectivity index (χ0n) is 18.9. The molecule has 34 heavy (non-hydrogen) atoms. The van der Waals surface area contributed by atoms with Crippen LogP contribution in [0.3, 0.4) is 0 Å². The van der Waals surface area contributed by atoms with E-state index in [9.17, 15) is 22.4 Å². The summed E-state index contributed by atoms with van der Waals surface area (Å²) in [5, 5.41) is 0.393. The van der Waals surface area contributed by atoms with E-state index >= 15 is 4.39 Å². The first-order valence-electron chi connectivity index (χ1n) is 9.80. The van der Waals surface area contributed by atoms with Crippen LogP contribution in [0, 0.1) is 18.6 Å². The summed E-state index contributed by atoms with van der Waals surface area (Å²) in [5.41, 5.74) is -1.21. The van der Waals surface area contributed by atoms with E-state index in [4.69, 9.17) is 20.8 Å². The van der Waals surface area contributed by atoms with Gasteiger partial charge in [0.25, 0.3) is 0 Å². The number of nitrogens with zero attached hydrogens (tertiary/aromatic N) is 2. The number of hydrogen-bond donors (Lipinski definition) is 0. The van der Waals surface area contributed by atoms with Crippen LogP contribution in [0.5, 0.6) is 5.75 Å². The Morgan fingerprint density at radius 3 is 2.35 bits per heavy atom. The molecule has 0 aliphatic carbocycles. The first kappa shape index (κ1) is 25.6. The van der Waals surface area contributed by atoms with Gasteiger partial charge in [0.2, 0.25) is 10.0 Å². The van der Waals surface area contributed by atoms with Crippen molar-refractivity contribution < 1.29 is 31.1 Å². The van der Waals surface area contributed by atoms with Crippen LogP contribution in [0.2, 0.25) is 5.02 Å². The molecule has 0 aliphatic rings. The predicted molar refractivity (Wildman–Crippen MR) is 122 cm³/mol. The highest BCUT2D eigenvalue weighted by Crippen LogP contribution is 2.33. The fourth-order valence-corrected chi connectivity index (χ4v) is 4.35. The van der Waals surface area contributed by atoms with Crippen LogP contribution >= 0.6 is 11.6 Å². The number of fused-ring (bicyclic) bond motifs is 1. The van der Waals surface area contributed by atoms with Gasteiger partial charge in [0.05, 0.1) is 5.02 Å². The van der Waals surface area contributed by atoms with Gasteiger partial charge in [0.15, 0.2) is 5.75 Å². The van der Waals surface area contributed by atoms with Crippen molar-refractivity contribution in [1.82, 2.24) is 9.21 Å². The summed E-state index contributed by atoms with van der Waals surface area (Å²) in [6.45, 7) is 1.53. The van der Waals surface area contributed by atoms with Crippen LogP contribution in [0.15, 0.2) is 38.4 Å². The summed E-state index contributed by atoms with van der Waals surface area (Å²) in [5.74, 6) is -2.35. The third-order valence-corrected chi connectivity index (χ3v) is 7.29. The van der Waals surface area contributed by atoms with Crippen LogP contribution < -0.4 is 10.4 Å². The lowest BCUT2D eigenvalue weighted by atomic mass is 9.99. The lowest BCUT2D eigenvalue weighted by Crippen LogP contribution is -2.25. The zero-order chi connectivity index (χ0) is 25.5. The van der Waals surface area contributed by atoms with Gasteiger partial charge in [-0.15, -0.1) is 0 Å². The van der Waals surface area contributed by atoms with E-state index in [-0.39, 0.29) is 21.9 Å². The van der Waals surface area contributed by atoms with Gasteiger partial charge in [-0.2, -0.15) is 0 Å². The van der Waals surface area contributed by atoms with E-state index in [0.717, 1.165) is 16.4 Å². The Morgan fingerprint density at radius 1 is 1.12 bits per heavy atom. The molecule has 1 aromatic heterocycles. The number of aryl methyl sites for hydroxylation is 1. The number of carbonyl (C=O) groups is 1. The molecule has 182 valence electrons. The van der Waals surface area contributed by atoms with Gasteiger partial charge >= 0.3 is 11.7 Å². The highest BCUT2D eigenvalue weighted by atomic mass is 35.5. The third kappa shape index (κ3) is 4.63. The summed E-state index contributed by atoms with van der Waals surface area (Å²) < 4.78 is 65.7. The van der Waals surface area contributed by atoms with Crippen molar-refractivity contribution in [2.75, 3.05) is 28.2 Å². The first-order valence-corrected chi connectivity index (χ1v) is 11.6. The molecule has 8 nitrogen and oxygen atoms in total. The average Bonchev–Trinajstić information content (AvgIpc) is 2.74. The number of carbonyl (C=O) groups excluding carboxylic acids is 1. The molecular formula is C22H21ClF2N2O6S. The second kappa shape index (κ2) is 9.32. The number of sulfonamides is 1. The van der Waals surface area contributed by atoms with Crippen molar-refractivity contribution >= 4 is 38.7 Å². The monoisotopic (exact) mass is 514 g/mol. The van der Waals surface area contributed by atoms with Crippen molar-refractivity contribution in [3.8, 4) is 5.75 Å². The van der Waals surface area contributed by atoms with Crippen LogP contribution in [0.1, 0.15) is 16.7 Å². The molecule has 0 bridgehead atoms. The minimum atomic E-state index is -4.19.